The molecule has 2 aromatic carbocycles. The van der Waals surface area contributed by atoms with Gasteiger partial charge in [0.05, 0.1) is 41.4 Å². The first-order valence-electron chi connectivity index (χ1n) is 11.0. The molecule has 9 nitrogen and oxygen atoms in total. The molecule has 0 saturated heterocycles. The number of benzene rings is 2. The molecule has 9 heteroatoms. The maximum absolute atomic E-state index is 11.7. The van der Waals surface area contributed by atoms with E-state index in [1.807, 2.05) is 36.7 Å². The number of anilines is 2. The standard InChI is InChI=1S/C25H23N7O2/c1-15-11-19(16(2)28-20-6-4-3-5-18(20)25(33)34)23-21(12-15)29-22(13-26)24(30-23)31-9-10-32-17(14-31)7-8-27-32/h3-8,11-12,16,28H,9-10,14H2,1-2H3,(H,33,34)/t16-/m1/s1. The second kappa shape index (κ2) is 8.48. The first-order chi connectivity index (χ1) is 16.4. The number of nitrogens with zero attached hydrogens (tertiary/aromatic N) is 6. The van der Waals surface area contributed by atoms with Crippen LogP contribution >= 0.6 is 0 Å². The van der Waals surface area contributed by atoms with Gasteiger partial charge < -0.3 is 15.3 Å². The summed E-state index contributed by atoms with van der Waals surface area (Å²) in [5, 5.41) is 27.0. The third-order valence-corrected chi connectivity index (χ3v) is 6.07. The second-order valence-corrected chi connectivity index (χ2v) is 8.41. The molecule has 34 heavy (non-hydrogen) atoms. The number of rotatable bonds is 5. The van der Waals surface area contributed by atoms with E-state index in [9.17, 15) is 15.2 Å². The van der Waals surface area contributed by atoms with Gasteiger partial charge in [-0.25, -0.2) is 14.8 Å². The van der Waals surface area contributed by atoms with Crippen LogP contribution in [-0.2, 0) is 13.1 Å². The summed E-state index contributed by atoms with van der Waals surface area (Å²) >= 11 is 0. The van der Waals surface area contributed by atoms with Crippen molar-refractivity contribution in [2.75, 3.05) is 16.8 Å². The van der Waals surface area contributed by atoms with Gasteiger partial charge in [0.15, 0.2) is 11.5 Å². The number of hydrogen-bond acceptors (Lipinski definition) is 7. The molecule has 0 radical (unpaired) electrons. The van der Waals surface area contributed by atoms with Gasteiger partial charge in [-0.05, 0) is 43.7 Å². The SMILES string of the molecule is Cc1cc([C@@H](C)Nc2ccccc2C(=O)O)c2nc(N3CCn4nccc4C3)c(C#N)nc2c1. The van der Waals surface area contributed by atoms with Crippen LogP contribution < -0.4 is 10.2 Å². The van der Waals surface area contributed by atoms with E-state index in [-0.39, 0.29) is 17.3 Å². The number of aryl methyl sites for hydroxylation is 1. The fourth-order valence-electron chi connectivity index (χ4n) is 4.42. The Kier molecular flexibility index (Phi) is 5.34. The number of hydrogen-bond donors (Lipinski definition) is 2. The maximum Gasteiger partial charge on any atom is 0.337 e. The zero-order valence-electron chi connectivity index (χ0n) is 18.9. The number of carbonyl (C=O) groups is 1. The summed E-state index contributed by atoms with van der Waals surface area (Å²) < 4.78 is 1.96. The molecule has 170 valence electrons. The van der Waals surface area contributed by atoms with E-state index in [4.69, 9.17) is 4.98 Å². The van der Waals surface area contributed by atoms with Gasteiger partial charge in [0.1, 0.15) is 6.07 Å². The fraction of sp³-hybridized carbons (Fsp3) is 0.240. The Morgan fingerprint density at radius 1 is 1.21 bits per heavy atom. The molecule has 0 spiro atoms. The lowest BCUT2D eigenvalue weighted by Gasteiger charge is -2.29. The minimum absolute atomic E-state index is 0.203. The number of nitriles is 1. The second-order valence-electron chi connectivity index (χ2n) is 8.41. The summed E-state index contributed by atoms with van der Waals surface area (Å²) in [6.45, 7) is 5.90. The first kappa shape index (κ1) is 21.4. The molecular weight excluding hydrogens is 430 g/mol. The number of aromatic carboxylic acids is 1. The highest BCUT2D eigenvalue weighted by Gasteiger charge is 2.24. The number of fused-ring (bicyclic) bond motifs is 2. The van der Waals surface area contributed by atoms with Gasteiger partial charge in [-0.15, -0.1) is 0 Å². The molecule has 4 aromatic rings. The molecular formula is C25H23N7O2. The van der Waals surface area contributed by atoms with Gasteiger partial charge in [0.25, 0.3) is 0 Å². The normalized spacial score (nSPS) is 13.9. The van der Waals surface area contributed by atoms with E-state index >= 15 is 0 Å². The molecule has 2 aromatic heterocycles. The molecule has 0 amide bonds. The third-order valence-electron chi connectivity index (χ3n) is 6.07. The predicted octanol–water partition coefficient (Wildman–Crippen LogP) is 3.90. The Morgan fingerprint density at radius 3 is 2.82 bits per heavy atom. The van der Waals surface area contributed by atoms with E-state index in [2.05, 4.69) is 26.4 Å². The van der Waals surface area contributed by atoms with Crippen molar-refractivity contribution in [3.05, 3.63) is 76.7 Å². The molecule has 0 saturated carbocycles. The summed E-state index contributed by atoms with van der Waals surface area (Å²) in [5.74, 6) is -0.444. The van der Waals surface area contributed by atoms with Crippen LogP contribution in [0.3, 0.4) is 0 Å². The highest BCUT2D eigenvalue weighted by molar-refractivity contribution is 5.94. The van der Waals surface area contributed by atoms with Gasteiger partial charge in [0, 0.05) is 24.0 Å². The maximum atomic E-state index is 11.7. The number of carboxylic acid groups (broad SMARTS) is 1. The van der Waals surface area contributed by atoms with Crippen LogP contribution in [0.4, 0.5) is 11.5 Å². The van der Waals surface area contributed by atoms with Crippen molar-refractivity contribution in [3.8, 4) is 6.07 Å². The average Bonchev–Trinajstić information content (AvgIpc) is 3.30. The number of aromatic nitrogens is 4. The summed E-state index contributed by atoms with van der Waals surface area (Å²) in [6, 6.07) is 14.7. The Bertz CT molecular complexity index is 1450. The zero-order valence-corrected chi connectivity index (χ0v) is 18.9. The Hall–Kier alpha value is -4.45. The van der Waals surface area contributed by atoms with Crippen molar-refractivity contribution in [3.63, 3.8) is 0 Å². The average molecular weight is 454 g/mol. The molecule has 0 bridgehead atoms. The Morgan fingerprint density at radius 2 is 2.03 bits per heavy atom. The van der Waals surface area contributed by atoms with Crippen molar-refractivity contribution in [1.82, 2.24) is 19.7 Å². The first-order valence-corrected chi connectivity index (χ1v) is 11.0. The van der Waals surface area contributed by atoms with Crippen LogP contribution in [0.2, 0.25) is 0 Å². The monoisotopic (exact) mass is 453 g/mol. The molecule has 3 heterocycles. The molecule has 0 aliphatic carbocycles. The van der Waals surface area contributed by atoms with Crippen LogP contribution in [0, 0.1) is 18.3 Å². The van der Waals surface area contributed by atoms with E-state index in [1.165, 1.54) is 0 Å². The van der Waals surface area contributed by atoms with E-state index < -0.39 is 5.97 Å². The van der Waals surface area contributed by atoms with Crippen molar-refractivity contribution in [1.29, 1.82) is 5.26 Å². The summed E-state index contributed by atoms with van der Waals surface area (Å²) in [5.41, 5.74) is 5.27. The van der Waals surface area contributed by atoms with Gasteiger partial charge in [-0.2, -0.15) is 10.4 Å². The molecule has 1 atom stereocenters. The Labute approximate surface area is 196 Å². The summed E-state index contributed by atoms with van der Waals surface area (Å²) in [4.78, 5) is 23.3. The lowest BCUT2D eigenvalue weighted by atomic mass is 10.0. The van der Waals surface area contributed by atoms with Gasteiger partial charge in [-0.3, -0.25) is 4.68 Å². The topological polar surface area (TPSA) is 120 Å². The molecule has 2 N–H and O–H groups in total. The number of para-hydroxylation sites is 1. The van der Waals surface area contributed by atoms with Crippen molar-refractivity contribution < 1.29 is 9.90 Å². The summed E-state index contributed by atoms with van der Waals surface area (Å²) in [6.07, 6.45) is 1.78. The smallest absolute Gasteiger partial charge is 0.337 e. The van der Waals surface area contributed by atoms with Crippen LogP contribution in [0.25, 0.3) is 11.0 Å². The van der Waals surface area contributed by atoms with Crippen molar-refractivity contribution >= 4 is 28.5 Å². The van der Waals surface area contributed by atoms with Crippen LogP contribution in [0.1, 0.15) is 45.8 Å². The molecule has 0 fully saturated rings. The predicted molar refractivity (Wildman–Crippen MR) is 128 cm³/mol. The lowest BCUT2D eigenvalue weighted by Crippen LogP contribution is -2.35. The van der Waals surface area contributed by atoms with Crippen LogP contribution in [-0.4, -0.2) is 37.4 Å². The van der Waals surface area contributed by atoms with E-state index in [0.717, 1.165) is 16.8 Å². The lowest BCUT2D eigenvalue weighted by molar-refractivity contribution is 0.0698. The fourth-order valence-corrected chi connectivity index (χ4v) is 4.42. The Balaban J connectivity index is 1.58. The van der Waals surface area contributed by atoms with Crippen molar-refractivity contribution in [2.24, 2.45) is 0 Å². The number of nitrogens with one attached hydrogen (secondary N) is 1. The van der Waals surface area contributed by atoms with E-state index in [0.29, 0.717) is 42.2 Å². The minimum Gasteiger partial charge on any atom is -0.478 e. The quantitative estimate of drug-likeness (QED) is 0.467. The van der Waals surface area contributed by atoms with Gasteiger partial charge in [0.2, 0.25) is 0 Å². The third kappa shape index (κ3) is 3.79. The highest BCUT2D eigenvalue weighted by Crippen LogP contribution is 2.31. The molecule has 5 rings (SSSR count). The minimum atomic E-state index is -0.991. The number of carboxylic acids is 1. The largest absolute Gasteiger partial charge is 0.478 e. The summed E-state index contributed by atoms with van der Waals surface area (Å²) in [7, 11) is 0. The van der Waals surface area contributed by atoms with Gasteiger partial charge >= 0.3 is 5.97 Å². The molecule has 1 aliphatic rings. The van der Waals surface area contributed by atoms with Crippen molar-refractivity contribution in [2.45, 2.75) is 33.0 Å². The van der Waals surface area contributed by atoms with Crippen LogP contribution in [0.15, 0.2) is 48.7 Å². The molecule has 1 aliphatic heterocycles. The zero-order chi connectivity index (χ0) is 23.8. The van der Waals surface area contributed by atoms with Crippen LogP contribution in [0.5, 0.6) is 0 Å². The highest BCUT2D eigenvalue weighted by atomic mass is 16.4. The van der Waals surface area contributed by atoms with Gasteiger partial charge in [-0.1, -0.05) is 18.2 Å². The van der Waals surface area contributed by atoms with E-state index in [1.54, 1.807) is 30.5 Å². The molecule has 0 unspecified atom stereocenters.